The number of anilines is 1. The third-order valence-corrected chi connectivity index (χ3v) is 4.84. The first-order valence-corrected chi connectivity index (χ1v) is 9.05. The number of hydrogen-bond acceptors (Lipinski definition) is 5. The summed E-state index contributed by atoms with van der Waals surface area (Å²) in [5.74, 6) is 0.964. The Morgan fingerprint density at radius 2 is 2.12 bits per heavy atom. The summed E-state index contributed by atoms with van der Waals surface area (Å²) < 4.78 is 14.0. The monoisotopic (exact) mass is 376 g/mol. The van der Waals surface area contributed by atoms with Crippen LogP contribution in [-0.2, 0) is 0 Å². The van der Waals surface area contributed by atoms with E-state index in [1.54, 1.807) is 25.4 Å². The van der Waals surface area contributed by atoms with Crippen LogP contribution in [0.4, 0.5) is 10.2 Å². The standard InChI is InChI=1S/C12H9ClFN5.C6H13N/c1-15-8-5-16-11-10(18-19-12(11)17-8)6-3-2-4-7(13)9(6)14;7-5-6-3-1-2-4-6/h2-5H,1H3,(H2,15,17,18,19);6H,1-5,7H2. The van der Waals surface area contributed by atoms with Gasteiger partial charge in [-0.3, -0.25) is 5.10 Å². The molecule has 138 valence electrons. The maximum absolute atomic E-state index is 14.0. The zero-order valence-corrected chi connectivity index (χ0v) is 15.4. The molecule has 4 N–H and O–H groups in total. The summed E-state index contributed by atoms with van der Waals surface area (Å²) in [4.78, 5) is 8.45. The number of hydrogen-bond donors (Lipinski definition) is 3. The van der Waals surface area contributed by atoms with Crippen molar-refractivity contribution in [3.8, 4) is 11.3 Å². The van der Waals surface area contributed by atoms with Gasteiger partial charge in [-0.1, -0.05) is 30.5 Å². The van der Waals surface area contributed by atoms with Crippen molar-refractivity contribution in [2.45, 2.75) is 25.7 Å². The summed E-state index contributed by atoms with van der Waals surface area (Å²) in [7, 11) is 1.74. The minimum absolute atomic E-state index is 0.0556. The first-order valence-electron chi connectivity index (χ1n) is 8.67. The number of aromatic nitrogens is 4. The van der Waals surface area contributed by atoms with Crippen LogP contribution in [0.1, 0.15) is 25.7 Å². The Morgan fingerprint density at radius 3 is 2.77 bits per heavy atom. The van der Waals surface area contributed by atoms with Gasteiger partial charge in [-0.25, -0.2) is 14.4 Å². The first-order chi connectivity index (χ1) is 12.6. The molecule has 4 rings (SSSR count). The van der Waals surface area contributed by atoms with Gasteiger partial charge in [0.15, 0.2) is 5.82 Å². The molecule has 0 radical (unpaired) electrons. The normalized spacial score (nSPS) is 14.3. The molecule has 0 unspecified atom stereocenters. The highest BCUT2D eigenvalue weighted by Gasteiger charge is 2.16. The Labute approximate surface area is 156 Å². The van der Waals surface area contributed by atoms with Crippen molar-refractivity contribution in [3.63, 3.8) is 0 Å². The van der Waals surface area contributed by atoms with Crippen LogP contribution in [0.3, 0.4) is 0 Å². The molecule has 1 fully saturated rings. The molecule has 1 aliphatic carbocycles. The van der Waals surface area contributed by atoms with Gasteiger partial charge in [0.2, 0.25) is 5.65 Å². The van der Waals surface area contributed by atoms with Gasteiger partial charge >= 0.3 is 0 Å². The fourth-order valence-electron chi connectivity index (χ4n) is 3.05. The number of fused-ring (bicyclic) bond motifs is 1. The molecule has 0 spiro atoms. The SMILES string of the molecule is CNc1cnc2c(-c3cccc(Cl)c3F)[nH]nc2n1.NCC1CCCC1. The van der Waals surface area contributed by atoms with Crippen molar-refractivity contribution in [1.82, 2.24) is 20.2 Å². The second-order valence-electron chi connectivity index (χ2n) is 6.26. The molecule has 6 nitrogen and oxygen atoms in total. The van der Waals surface area contributed by atoms with E-state index >= 15 is 0 Å². The van der Waals surface area contributed by atoms with Gasteiger partial charge in [0.1, 0.15) is 11.3 Å². The lowest BCUT2D eigenvalue weighted by Crippen LogP contribution is -2.09. The number of nitrogens with two attached hydrogens (primary N) is 1. The molecular weight excluding hydrogens is 355 g/mol. The Hall–Kier alpha value is -2.25. The van der Waals surface area contributed by atoms with E-state index in [-0.39, 0.29) is 5.02 Å². The van der Waals surface area contributed by atoms with Crippen LogP contribution in [0.2, 0.25) is 5.02 Å². The Bertz CT molecular complexity index is 875. The summed E-state index contributed by atoms with van der Waals surface area (Å²) in [6.07, 6.45) is 7.17. The zero-order chi connectivity index (χ0) is 18.5. The fourth-order valence-corrected chi connectivity index (χ4v) is 3.22. The van der Waals surface area contributed by atoms with Crippen molar-refractivity contribution in [2.75, 3.05) is 18.9 Å². The molecule has 3 aromatic rings. The Balaban J connectivity index is 0.000000236. The van der Waals surface area contributed by atoms with Crippen molar-refractivity contribution < 1.29 is 4.39 Å². The van der Waals surface area contributed by atoms with Crippen molar-refractivity contribution in [2.24, 2.45) is 11.7 Å². The molecule has 0 saturated heterocycles. The van der Waals surface area contributed by atoms with Crippen molar-refractivity contribution in [3.05, 3.63) is 35.2 Å². The highest BCUT2D eigenvalue weighted by atomic mass is 35.5. The van der Waals surface area contributed by atoms with Gasteiger partial charge in [-0.2, -0.15) is 5.10 Å². The predicted octanol–water partition coefficient (Wildman–Crippen LogP) is 3.99. The predicted molar refractivity (Wildman–Crippen MR) is 103 cm³/mol. The summed E-state index contributed by atoms with van der Waals surface area (Å²) in [5, 5.41) is 9.70. The molecule has 1 aromatic carbocycles. The molecule has 2 aromatic heterocycles. The van der Waals surface area contributed by atoms with Gasteiger partial charge in [-0.05, 0) is 37.4 Å². The third-order valence-electron chi connectivity index (χ3n) is 4.55. The number of halogens is 2. The molecule has 0 aliphatic heterocycles. The second kappa shape index (κ2) is 8.42. The number of nitrogens with one attached hydrogen (secondary N) is 2. The summed E-state index contributed by atoms with van der Waals surface area (Å²) in [5.41, 5.74) is 7.14. The molecule has 0 bridgehead atoms. The average molecular weight is 377 g/mol. The van der Waals surface area contributed by atoms with Gasteiger partial charge in [-0.15, -0.1) is 0 Å². The quantitative estimate of drug-likeness (QED) is 0.642. The summed E-state index contributed by atoms with van der Waals surface area (Å²) >= 11 is 5.77. The maximum Gasteiger partial charge on any atom is 0.202 e. The summed E-state index contributed by atoms with van der Waals surface area (Å²) in [6.45, 7) is 0.917. The van der Waals surface area contributed by atoms with Crippen LogP contribution in [0.25, 0.3) is 22.4 Å². The van der Waals surface area contributed by atoms with Crippen LogP contribution in [0.5, 0.6) is 0 Å². The van der Waals surface area contributed by atoms with E-state index in [2.05, 4.69) is 25.5 Å². The van der Waals surface area contributed by atoms with Crippen LogP contribution in [-0.4, -0.2) is 33.8 Å². The fraction of sp³-hybridized carbons (Fsp3) is 0.389. The van der Waals surface area contributed by atoms with Gasteiger partial charge in [0.05, 0.1) is 16.9 Å². The van der Waals surface area contributed by atoms with E-state index in [0.29, 0.717) is 28.2 Å². The van der Waals surface area contributed by atoms with E-state index in [0.717, 1.165) is 12.5 Å². The Kier molecular flexibility index (Phi) is 6.00. The number of rotatable bonds is 3. The second-order valence-corrected chi connectivity index (χ2v) is 6.67. The zero-order valence-electron chi connectivity index (χ0n) is 14.6. The van der Waals surface area contributed by atoms with Crippen LogP contribution >= 0.6 is 11.6 Å². The summed E-state index contributed by atoms with van der Waals surface area (Å²) in [6, 6.07) is 4.77. The molecule has 2 heterocycles. The maximum atomic E-state index is 14.0. The highest BCUT2D eigenvalue weighted by molar-refractivity contribution is 6.31. The van der Waals surface area contributed by atoms with E-state index in [1.165, 1.54) is 31.7 Å². The van der Waals surface area contributed by atoms with Crippen LogP contribution in [0, 0.1) is 11.7 Å². The van der Waals surface area contributed by atoms with Gasteiger partial charge in [0, 0.05) is 12.6 Å². The molecule has 0 amide bonds. The first kappa shape index (κ1) is 18.5. The minimum Gasteiger partial charge on any atom is -0.372 e. The van der Waals surface area contributed by atoms with E-state index in [1.807, 2.05) is 0 Å². The lowest BCUT2D eigenvalue weighted by molar-refractivity contribution is 0.562. The van der Waals surface area contributed by atoms with Crippen molar-refractivity contribution in [1.29, 1.82) is 0 Å². The third kappa shape index (κ3) is 3.94. The van der Waals surface area contributed by atoms with E-state index < -0.39 is 5.82 Å². The van der Waals surface area contributed by atoms with E-state index in [4.69, 9.17) is 17.3 Å². The number of benzene rings is 1. The smallest absolute Gasteiger partial charge is 0.202 e. The topological polar surface area (TPSA) is 92.5 Å². The van der Waals surface area contributed by atoms with Crippen LogP contribution in [0.15, 0.2) is 24.4 Å². The van der Waals surface area contributed by atoms with Gasteiger partial charge in [0.25, 0.3) is 0 Å². The molecular formula is C18H22ClFN6. The van der Waals surface area contributed by atoms with Crippen molar-refractivity contribution >= 4 is 28.6 Å². The van der Waals surface area contributed by atoms with Gasteiger partial charge < -0.3 is 11.1 Å². The number of H-pyrrole nitrogens is 1. The number of aromatic amines is 1. The molecule has 1 saturated carbocycles. The molecule has 8 heteroatoms. The Morgan fingerprint density at radius 1 is 1.35 bits per heavy atom. The minimum atomic E-state index is -0.505. The molecule has 1 aliphatic rings. The largest absolute Gasteiger partial charge is 0.372 e. The van der Waals surface area contributed by atoms with Crippen LogP contribution < -0.4 is 11.1 Å². The number of nitrogens with zero attached hydrogens (tertiary/aromatic N) is 3. The lowest BCUT2D eigenvalue weighted by atomic mass is 10.1. The average Bonchev–Trinajstić information content (AvgIpc) is 3.33. The molecule has 0 atom stereocenters. The van der Waals surface area contributed by atoms with E-state index in [9.17, 15) is 4.39 Å². The highest BCUT2D eigenvalue weighted by Crippen LogP contribution is 2.30. The lowest BCUT2D eigenvalue weighted by Gasteiger charge is -2.02. The molecule has 26 heavy (non-hydrogen) atoms.